The van der Waals surface area contributed by atoms with E-state index < -0.39 is 23.7 Å². The predicted octanol–water partition coefficient (Wildman–Crippen LogP) is 2.60. The van der Waals surface area contributed by atoms with Gasteiger partial charge in [-0.05, 0) is 30.5 Å². The number of carbonyl (C=O) groups is 2. The molecule has 0 aliphatic heterocycles. The molecule has 0 saturated heterocycles. The fourth-order valence-corrected chi connectivity index (χ4v) is 2.26. The molecule has 1 aromatic heterocycles. The number of fused-ring (bicyclic) bond motifs is 1. The van der Waals surface area contributed by atoms with Crippen molar-refractivity contribution >= 4 is 22.8 Å². The number of nitrogens with one attached hydrogen (secondary N) is 1. The van der Waals surface area contributed by atoms with Crippen LogP contribution in [-0.4, -0.2) is 28.0 Å². The van der Waals surface area contributed by atoms with Crippen LogP contribution in [0.15, 0.2) is 30.5 Å². The number of rotatable bonds is 5. The van der Waals surface area contributed by atoms with Crippen molar-refractivity contribution in [2.75, 3.05) is 0 Å². The second kappa shape index (κ2) is 6.51. The fourth-order valence-electron chi connectivity index (χ4n) is 2.26. The van der Waals surface area contributed by atoms with Crippen molar-refractivity contribution in [3.05, 3.63) is 41.8 Å². The first-order chi connectivity index (χ1) is 10.4. The summed E-state index contributed by atoms with van der Waals surface area (Å²) in [6, 6.07) is 4.61. The number of pyridine rings is 1. The molecule has 2 aromatic rings. The van der Waals surface area contributed by atoms with Gasteiger partial charge in [-0.15, -0.1) is 0 Å². The Morgan fingerprint density at radius 2 is 2.09 bits per heavy atom. The quantitative estimate of drug-likeness (QED) is 0.890. The van der Waals surface area contributed by atoms with E-state index in [1.807, 2.05) is 13.8 Å². The van der Waals surface area contributed by atoms with E-state index in [0.29, 0.717) is 17.3 Å². The van der Waals surface area contributed by atoms with Crippen LogP contribution in [0.3, 0.4) is 0 Å². The number of amides is 1. The molecule has 2 rings (SSSR count). The number of aliphatic carboxylic acids is 1. The molecule has 1 heterocycles. The van der Waals surface area contributed by atoms with Crippen molar-refractivity contribution in [1.82, 2.24) is 10.3 Å². The van der Waals surface area contributed by atoms with Crippen molar-refractivity contribution in [3.8, 4) is 0 Å². The molecule has 0 fully saturated rings. The number of hydrogen-bond donors (Lipinski definition) is 2. The highest BCUT2D eigenvalue weighted by atomic mass is 19.1. The number of nitrogens with zero attached hydrogens (tertiary/aromatic N) is 1. The lowest BCUT2D eigenvalue weighted by atomic mass is 10.0. The van der Waals surface area contributed by atoms with Gasteiger partial charge in [0.1, 0.15) is 11.9 Å². The van der Waals surface area contributed by atoms with Gasteiger partial charge in [0.15, 0.2) is 0 Å². The first kappa shape index (κ1) is 15.9. The third-order valence-electron chi connectivity index (χ3n) is 3.22. The molecule has 22 heavy (non-hydrogen) atoms. The lowest BCUT2D eigenvalue weighted by Gasteiger charge is -2.17. The summed E-state index contributed by atoms with van der Waals surface area (Å²) in [6.45, 7) is 3.72. The van der Waals surface area contributed by atoms with Crippen molar-refractivity contribution in [2.45, 2.75) is 26.3 Å². The normalized spacial score (nSPS) is 12.4. The number of carbonyl (C=O) groups excluding carboxylic acids is 1. The van der Waals surface area contributed by atoms with Gasteiger partial charge in [-0.3, -0.25) is 9.78 Å². The smallest absolute Gasteiger partial charge is 0.326 e. The summed E-state index contributed by atoms with van der Waals surface area (Å²) in [6.07, 6.45) is 1.79. The molecule has 116 valence electrons. The SMILES string of the molecule is CC(C)CC(NC(=O)c1cc(F)cc2cccnc12)C(=O)O. The Kier molecular flexibility index (Phi) is 4.70. The van der Waals surface area contributed by atoms with Gasteiger partial charge in [0.25, 0.3) is 5.91 Å². The Morgan fingerprint density at radius 3 is 2.73 bits per heavy atom. The maximum atomic E-state index is 13.6. The minimum Gasteiger partial charge on any atom is -0.480 e. The van der Waals surface area contributed by atoms with E-state index >= 15 is 0 Å². The summed E-state index contributed by atoms with van der Waals surface area (Å²) in [5, 5.41) is 12.1. The molecule has 0 saturated carbocycles. The fraction of sp³-hybridized carbons (Fsp3) is 0.312. The van der Waals surface area contributed by atoms with Gasteiger partial charge in [0.2, 0.25) is 0 Å². The highest BCUT2D eigenvalue weighted by Gasteiger charge is 2.23. The molecule has 0 aliphatic carbocycles. The van der Waals surface area contributed by atoms with E-state index in [-0.39, 0.29) is 11.5 Å². The Morgan fingerprint density at radius 1 is 1.36 bits per heavy atom. The van der Waals surface area contributed by atoms with Crippen LogP contribution in [0.2, 0.25) is 0 Å². The maximum absolute atomic E-state index is 13.6. The highest BCUT2D eigenvalue weighted by molar-refractivity contribution is 6.06. The van der Waals surface area contributed by atoms with Crippen LogP contribution in [0.4, 0.5) is 4.39 Å². The average molecular weight is 304 g/mol. The minimum atomic E-state index is -1.12. The van der Waals surface area contributed by atoms with E-state index in [0.717, 1.165) is 6.07 Å². The summed E-state index contributed by atoms with van der Waals surface area (Å²) in [4.78, 5) is 27.6. The zero-order valence-electron chi connectivity index (χ0n) is 12.3. The van der Waals surface area contributed by atoms with Gasteiger partial charge >= 0.3 is 5.97 Å². The molecular weight excluding hydrogens is 287 g/mol. The van der Waals surface area contributed by atoms with Crippen molar-refractivity contribution in [2.24, 2.45) is 5.92 Å². The standard InChI is InChI=1S/C16H17FN2O3/c1-9(2)6-13(16(21)22)19-15(20)12-8-11(17)7-10-4-3-5-18-14(10)12/h3-5,7-9,13H,6H2,1-2H3,(H,19,20)(H,21,22). The predicted molar refractivity (Wildman–Crippen MR) is 80.0 cm³/mol. The molecule has 1 atom stereocenters. The zero-order chi connectivity index (χ0) is 16.3. The Bertz CT molecular complexity index is 716. The first-order valence-corrected chi connectivity index (χ1v) is 6.96. The van der Waals surface area contributed by atoms with Gasteiger partial charge in [-0.25, -0.2) is 9.18 Å². The molecule has 1 amide bonds. The van der Waals surface area contributed by atoms with Crippen LogP contribution in [0.25, 0.3) is 10.9 Å². The number of carboxylic acids is 1. The number of hydrogen-bond acceptors (Lipinski definition) is 3. The molecule has 0 spiro atoms. The molecule has 0 bridgehead atoms. The van der Waals surface area contributed by atoms with Crippen LogP contribution in [0, 0.1) is 11.7 Å². The van der Waals surface area contributed by atoms with Crippen molar-refractivity contribution < 1.29 is 19.1 Å². The summed E-state index contributed by atoms with van der Waals surface area (Å²) in [7, 11) is 0. The summed E-state index contributed by atoms with van der Waals surface area (Å²) in [5.74, 6) is -2.22. The average Bonchev–Trinajstić information content (AvgIpc) is 2.44. The van der Waals surface area contributed by atoms with Gasteiger partial charge in [0.05, 0.1) is 11.1 Å². The number of carboxylic acid groups (broad SMARTS) is 1. The second-order valence-electron chi connectivity index (χ2n) is 5.52. The van der Waals surface area contributed by atoms with Crippen LogP contribution in [0.1, 0.15) is 30.6 Å². The van der Waals surface area contributed by atoms with E-state index in [4.69, 9.17) is 0 Å². The van der Waals surface area contributed by atoms with Crippen molar-refractivity contribution in [1.29, 1.82) is 0 Å². The molecule has 2 N–H and O–H groups in total. The van der Waals surface area contributed by atoms with Gasteiger partial charge in [-0.2, -0.15) is 0 Å². The molecular formula is C16H17FN2O3. The zero-order valence-corrected chi connectivity index (χ0v) is 12.3. The van der Waals surface area contributed by atoms with Crippen LogP contribution in [-0.2, 0) is 4.79 Å². The first-order valence-electron chi connectivity index (χ1n) is 6.96. The largest absolute Gasteiger partial charge is 0.480 e. The van der Waals surface area contributed by atoms with E-state index in [1.165, 1.54) is 12.3 Å². The lowest BCUT2D eigenvalue weighted by Crippen LogP contribution is -2.41. The van der Waals surface area contributed by atoms with Gasteiger partial charge < -0.3 is 10.4 Å². The van der Waals surface area contributed by atoms with Crippen molar-refractivity contribution in [3.63, 3.8) is 0 Å². The second-order valence-corrected chi connectivity index (χ2v) is 5.52. The van der Waals surface area contributed by atoms with Crippen LogP contribution < -0.4 is 5.32 Å². The molecule has 6 heteroatoms. The third-order valence-corrected chi connectivity index (χ3v) is 3.22. The Labute approximate surface area is 127 Å². The van der Waals surface area contributed by atoms with Gasteiger partial charge in [-0.1, -0.05) is 19.9 Å². The summed E-state index contributed by atoms with van der Waals surface area (Å²) < 4.78 is 13.6. The van der Waals surface area contributed by atoms with E-state index in [1.54, 1.807) is 12.1 Å². The molecule has 0 radical (unpaired) electrons. The number of benzene rings is 1. The Hall–Kier alpha value is -2.50. The maximum Gasteiger partial charge on any atom is 0.326 e. The Balaban J connectivity index is 2.35. The number of halogens is 1. The van der Waals surface area contributed by atoms with Crippen LogP contribution >= 0.6 is 0 Å². The summed E-state index contributed by atoms with van der Waals surface area (Å²) >= 11 is 0. The molecule has 0 aliphatic rings. The highest BCUT2D eigenvalue weighted by Crippen LogP contribution is 2.19. The summed E-state index contributed by atoms with van der Waals surface area (Å²) in [5.41, 5.74) is 0.376. The van der Waals surface area contributed by atoms with E-state index in [2.05, 4.69) is 10.3 Å². The molecule has 1 unspecified atom stereocenters. The number of aromatic nitrogens is 1. The monoisotopic (exact) mass is 304 g/mol. The lowest BCUT2D eigenvalue weighted by molar-refractivity contribution is -0.139. The topological polar surface area (TPSA) is 79.3 Å². The molecule has 5 nitrogen and oxygen atoms in total. The van der Waals surface area contributed by atoms with Gasteiger partial charge in [0, 0.05) is 11.6 Å². The van der Waals surface area contributed by atoms with E-state index in [9.17, 15) is 19.1 Å². The molecule has 1 aromatic carbocycles. The third kappa shape index (κ3) is 3.58. The van der Waals surface area contributed by atoms with Crippen LogP contribution in [0.5, 0.6) is 0 Å². The minimum absolute atomic E-state index is 0.0330.